The third-order valence-electron chi connectivity index (χ3n) is 4.68. The van der Waals surface area contributed by atoms with Crippen molar-refractivity contribution in [1.29, 1.82) is 5.41 Å². The highest BCUT2D eigenvalue weighted by atomic mass is 32.2. The van der Waals surface area contributed by atoms with Crippen LogP contribution in [0, 0.1) is 12.3 Å². The molecule has 152 valence electrons. The quantitative estimate of drug-likeness (QED) is 0.524. The zero-order valence-corrected chi connectivity index (χ0v) is 18.3. The van der Waals surface area contributed by atoms with Crippen LogP contribution in [0.4, 0.5) is 0 Å². The van der Waals surface area contributed by atoms with E-state index in [-0.39, 0.29) is 5.78 Å². The average Bonchev–Trinajstić information content (AvgIpc) is 3.31. The highest BCUT2D eigenvalue weighted by molar-refractivity contribution is 8.19. The van der Waals surface area contributed by atoms with Crippen molar-refractivity contribution in [3.05, 3.63) is 80.1 Å². The van der Waals surface area contributed by atoms with Gasteiger partial charge in [0.1, 0.15) is 28.3 Å². The Morgan fingerprint density at radius 1 is 1.17 bits per heavy atom. The molecule has 3 aromatic rings. The second-order valence-electron chi connectivity index (χ2n) is 7.01. The monoisotopic (exact) mass is 435 g/mol. The van der Waals surface area contributed by atoms with E-state index < -0.39 is 5.92 Å². The standard InChI is InChI=1S/C23H21N3O2S2/c1-3-19-25-26-23(30-19)20-21(27)18(29-22(20)24)12-15-7-9-17(10-8-15)28-13-16-6-4-5-14(2)11-16/h4-12,20,24H,3,13H2,1-2H3/b18-12-,24-22?/t20-/m1/s1. The number of nitrogens with one attached hydrogen (secondary N) is 1. The topological polar surface area (TPSA) is 75.9 Å². The van der Waals surface area contributed by atoms with Gasteiger partial charge in [-0.15, -0.1) is 21.5 Å². The van der Waals surface area contributed by atoms with E-state index in [4.69, 9.17) is 10.1 Å². The van der Waals surface area contributed by atoms with Crippen LogP contribution in [0.2, 0.25) is 0 Å². The molecule has 0 radical (unpaired) electrons. The van der Waals surface area contributed by atoms with Crippen molar-refractivity contribution in [1.82, 2.24) is 10.2 Å². The number of hydrogen-bond acceptors (Lipinski definition) is 7. The molecule has 0 aliphatic carbocycles. The zero-order valence-electron chi connectivity index (χ0n) is 16.7. The third kappa shape index (κ3) is 4.52. The number of aromatic nitrogens is 2. The summed E-state index contributed by atoms with van der Waals surface area (Å²) < 4.78 is 5.86. The highest BCUT2D eigenvalue weighted by Crippen LogP contribution is 2.41. The van der Waals surface area contributed by atoms with E-state index >= 15 is 0 Å². The molecule has 0 saturated carbocycles. The first kappa shape index (κ1) is 20.5. The van der Waals surface area contributed by atoms with Crippen molar-refractivity contribution in [2.75, 3.05) is 0 Å². The molecular weight excluding hydrogens is 414 g/mol. The van der Waals surface area contributed by atoms with Crippen molar-refractivity contribution in [3.63, 3.8) is 0 Å². The summed E-state index contributed by atoms with van der Waals surface area (Å²) in [6.45, 7) is 4.57. The molecule has 1 saturated heterocycles. The lowest BCUT2D eigenvalue weighted by molar-refractivity contribution is -0.114. The Hall–Kier alpha value is -2.77. The lowest BCUT2D eigenvalue weighted by Crippen LogP contribution is -2.11. The number of Topliss-reactive ketones (excluding diaryl/α,β-unsaturated/α-hetero) is 1. The fourth-order valence-corrected chi connectivity index (χ4v) is 5.07. The normalized spacial score (nSPS) is 17.7. The van der Waals surface area contributed by atoms with Gasteiger partial charge >= 0.3 is 0 Å². The molecule has 1 atom stereocenters. The predicted octanol–water partition coefficient (Wildman–Crippen LogP) is 5.41. The highest BCUT2D eigenvalue weighted by Gasteiger charge is 2.39. The van der Waals surface area contributed by atoms with E-state index in [1.54, 1.807) is 0 Å². The number of benzene rings is 2. The molecule has 0 spiro atoms. The van der Waals surface area contributed by atoms with Gasteiger partial charge in [0, 0.05) is 0 Å². The van der Waals surface area contributed by atoms with Gasteiger partial charge in [-0.25, -0.2) is 0 Å². The molecule has 30 heavy (non-hydrogen) atoms. The summed E-state index contributed by atoms with van der Waals surface area (Å²) in [5.74, 6) is 0.0789. The molecule has 2 heterocycles. The van der Waals surface area contributed by atoms with Crippen molar-refractivity contribution in [3.8, 4) is 5.75 Å². The Bertz CT molecular complexity index is 1120. The van der Waals surface area contributed by atoms with Crippen LogP contribution in [0.3, 0.4) is 0 Å². The van der Waals surface area contributed by atoms with Crippen molar-refractivity contribution >= 4 is 40.0 Å². The molecule has 1 N–H and O–H groups in total. The van der Waals surface area contributed by atoms with E-state index in [0.717, 1.165) is 28.3 Å². The Balaban J connectivity index is 1.44. The molecule has 7 heteroatoms. The van der Waals surface area contributed by atoms with Crippen molar-refractivity contribution in [2.24, 2.45) is 0 Å². The molecule has 0 amide bonds. The number of ketones is 1. The summed E-state index contributed by atoms with van der Waals surface area (Å²) in [4.78, 5) is 13.4. The van der Waals surface area contributed by atoms with E-state index in [2.05, 4.69) is 29.3 Å². The summed E-state index contributed by atoms with van der Waals surface area (Å²) in [5, 5.41) is 18.3. The van der Waals surface area contributed by atoms with Gasteiger partial charge in [0.05, 0.1) is 9.95 Å². The van der Waals surface area contributed by atoms with E-state index in [1.165, 1.54) is 28.7 Å². The number of carbonyl (C=O) groups excluding carboxylic acids is 1. The van der Waals surface area contributed by atoms with Crippen LogP contribution in [-0.4, -0.2) is 21.0 Å². The number of hydrogen-bond donors (Lipinski definition) is 1. The minimum atomic E-state index is -0.615. The Morgan fingerprint density at radius 2 is 1.97 bits per heavy atom. The van der Waals surface area contributed by atoms with E-state index in [0.29, 0.717) is 21.6 Å². The van der Waals surface area contributed by atoms with Crippen LogP contribution >= 0.6 is 23.1 Å². The second-order valence-corrected chi connectivity index (χ2v) is 9.18. The Kier molecular flexibility index (Phi) is 6.11. The molecule has 0 unspecified atom stereocenters. The van der Waals surface area contributed by atoms with Crippen LogP contribution < -0.4 is 4.74 Å². The van der Waals surface area contributed by atoms with Crippen LogP contribution in [0.5, 0.6) is 5.75 Å². The second kappa shape index (κ2) is 8.93. The smallest absolute Gasteiger partial charge is 0.186 e. The van der Waals surface area contributed by atoms with Crippen LogP contribution in [-0.2, 0) is 17.8 Å². The molecule has 0 bridgehead atoms. The molecule has 1 aliphatic rings. The molecule has 4 rings (SSSR count). The largest absolute Gasteiger partial charge is 0.489 e. The van der Waals surface area contributed by atoms with Crippen molar-refractivity contribution < 1.29 is 9.53 Å². The third-order valence-corrected chi connectivity index (χ3v) is 6.81. The number of allylic oxidation sites excluding steroid dienone is 1. The van der Waals surface area contributed by atoms with E-state index in [1.807, 2.05) is 49.4 Å². The number of nitrogens with zero attached hydrogens (tertiary/aromatic N) is 2. The summed E-state index contributed by atoms with van der Waals surface area (Å²) in [6, 6.07) is 15.9. The SMILES string of the molecule is CCc1nnc([C@H]2C(=N)S/C(=C\c3ccc(OCc4cccc(C)c4)cc3)C2=O)s1. The lowest BCUT2D eigenvalue weighted by atomic mass is 10.1. The Morgan fingerprint density at radius 3 is 2.67 bits per heavy atom. The first-order chi connectivity index (χ1) is 14.5. The lowest BCUT2D eigenvalue weighted by Gasteiger charge is -2.07. The van der Waals surface area contributed by atoms with Gasteiger partial charge in [0.25, 0.3) is 0 Å². The minimum Gasteiger partial charge on any atom is -0.489 e. The number of carbonyl (C=O) groups is 1. The number of aryl methyl sites for hydroxylation is 2. The molecule has 1 aromatic heterocycles. The minimum absolute atomic E-state index is 0.0800. The molecular formula is C23H21N3O2S2. The number of thioether (sulfide) groups is 1. The summed E-state index contributed by atoms with van der Waals surface area (Å²) in [5.41, 5.74) is 3.23. The molecule has 1 aliphatic heterocycles. The fourth-order valence-electron chi connectivity index (χ4n) is 3.12. The van der Waals surface area contributed by atoms with Gasteiger partial charge in [-0.05, 0) is 42.7 Å². The maximum Gasteiger partial charge on any atom is 0.186 e. The first-order valence-electron chi connectivity index (χ1n) is 9.66. The van der Waals surface area contributed by atoms with Crippen LogP contribution in [0.1, 0.15) is 39.5 Å². The predicted molar refractivity (Wildman–Crippen MR) is 122 cm³/mol. The maximum atomic E-state index is 12.9. The summed E-state index contributed by atoms with van der Waals surface area (Å²) in [7, 11) is 0. The number of ether oxygens (including phenoxy) is 1. The van der Waals surface area contributed by atoms with Gasteiger partial charge in [0.2, 0.25) is 0 Å². The number of rotatable bonds is 6. The van der Waals surface area contributed by atoms with E-state index in [9.17, 15) is 4.79 Å². The first-order valence-corrected chi connectivity index (χ1v) is 11.3. The maximum absolute atomic E-state index is 12.9. The molecule has 2 aromatic carbocycles. The van der Waals surface area contributed by atoms with Gasteiger partial charge in [-0.2, -0.15) is 0 Å². The van der Waals surface area contributed by atoms with Crippen LogP contribution in [0.25, 0.3) is 6.08 Å². The van der Waals surface area contributed by atoms with Gasteiger partial charge in [-0.1, -0.05) is 60.6 Å². The average molecular weight is 436 g/mol. The molecule has 1 fully saturated rings. The Labute approximate surface area is 183 Å². The van der Waals surface area contributed by atoms with Gasteiger partial charge in [-0.3, -0.25) is 10.2 Å². The fraction of sp³-hybridized carbons (Fsp3) is 0.217. The van der Waals surface area contributed by atoms with Gasteiger partial charge < -0.3 is 4.74 Å². The van der Waals surface area contributed by atoms with Crippen molar-refractivity contribution in [2.45, 2.75) is 32.8 Å². The summed E-state index contributed by atoms with van der Waals surface area (Å²) in [6.07, 6.45) is 2.60. The molecule has 5 nitrogen and oxygen atoms in total. The van der Waals surface area contributed by atoms with Gasteiger partial charge in [0.15, 0.2) is 5.78 Å². The summed E-state index contributed by atoms with van der Waals surface area (Å²) >= 11 is 2.62. The zero-order chi connectivity index (χ0) is 21.1. The van der Waals surface area contributed by atoms with Crippen LogP contribution in [0.15, 0.2) is 53.4 Å².